The van der Waals surface area contributed by atoms with Gasteiger partial charge in [-0.2, -0.15) is 0 Å². The minimum atomic E-state index is -0.383. The molecule has 0 aliphatic heterocycles. The lowest BCUT2D eigenvalue weighted by Gasteiger charge is -2.06. The molecule has 21 heavy (non-hydrogen) atoms. The van der Waals surface area contributed by atoms with Gasteiger partial charge < -0.3 is 0 Å². The van der Waals surface area contributed by atoms with E-state index in [-0.39, 0.29) is 10.6 Å². The van der Waals surface area contributed by atoms with Crippen LogP contribution in [0.5, 0.6) is 0 Å². The summed E-state index contributed by atoms with van der Waals surface area (Å²) in [5.41, 5.74) is 1.86. The van der Waals surface area contributed by atoms with Crippen LogP contribution in [0.1, 0.15) is 5.56 Å². The molecule has 0 amide bonds. The van der Waals surface area contributed by atoms with Crippen molar-refractivity contribution in [3.05, 3.63) is 70.3 Å². The molecule has 3 rings (SSSR count). The molecule has 3 aromatic rings. The number of hydrogen-bond acceptors (Lipinski definition) is 4. The van der Waals surface area contributed by atoms with Gasteiger partial charge in [-0.15, -0.1) is 0 Å². The smallest absolute Gasteiger partial charge is 0.258 e. The number of fused-ring (bicyclic) bond motifs is 1. The molecule has 0 radical (unpaired) electrons. The van der Waals surface area contributed by atoms with Gasteiger partial charge in [0.1, 0.15) is 5.03 Å². The fourth-order valence-electron chi connectivity index (χ4n) is 2.13. The van der Waals surface area contributed by atoms with Crippen molar-refractivity contribution >= 4 is 28.4 Å². The van der Waals surface area contributed by atoms with E-state index in [9.17, 15) is 10.1 Å². The Balaban J connectivity index is 2.03. The Hall–Kier alpha value is -2.40. The summed E-state index contributed by atoms with van der Waals surface area (Å²) in [5.74, 6) is 0. The van der Waals surface area contributed by atoms with Crippen molar-refractivity contribution in [1.29, 1.82) is 0 Å². The number of nitro benzene ring substituents is 1. The summed E-state index contributed by atoms with van der Waals surface area (Å²) in [6, 6.07) is 16.7. The van der Waals surface area contributed by atoms with Crippen LogP contribution in [0.2, 0.25) is 0 Å². The van der Waals surface area contributed by atoms with Crippen molar-refractivity contribution in [2.75, 3.05) is 0 Å². The molecule has 0 atom stereocenters. The molecular formula is C16H12N2O2S. The van der Waals surface area contributed by atoms with Crippen molar-refractivity contribution in [3.63, 3.8) is 0 Å². The monoisotopic (exact) mass is 296 g/mol. The van der Waals surface area contributed by atoms with Gasteiger partial charge in [0.25, 0.3) is 5.69 Å². The predicted octanol–water partition coefficient (Wildman–Crippen LogP) is 4.60. The third-order valence-electron chi connectivity index (χ3n) is 3.15. The standard InChI is InChI=1S/C16H12N2O2S/c1-11-9-16(21-13-5-3-2-4-6-13)17-15-8-7-12(18(19)20)10-14(11)15/h2-10H,1H3. The Labute approximate surface area is 126 Å². The van der Waals surface area contributed by atoms with Gasteiger partial charge in [0, 0.05) is 22.4 Å². The Morgan fingerprint density at radius 3 is 2.57 bits per heavy atom. The van der Waals surface area contributed by atoms with Crippen LogP contribution < -0.4 is 0 Å². The number of hydrogen-bond donors (Lipinski definition) is 0. The number of pyridine rings is 1. The minimum absolute atomic E-state index is 0.0934. The third kappa shape index (κ3) is 2.87. The van der Waals surface area contributed by atoms with E-state index in [1.807, 2.05) is 43.3 Å². The van der Waals surface area contributed by atoms with Gasteiger partial charge in [-0.3, -0.25) is 10.1 Å². The van der Waals surface area contributed by atoms with Crippen molar-refractivity contribution in [2.24, 2.45) is 0 Å². The fraction of sp³-hybridized carbons (Fsp3) is 0.0625. The number of aryl methyl sites for hydroxylation is 1. The molecular weight excluding hydrogens is 284 g/mol. The predicted molar refractivity (Wildman–Crippen MR) is 83.7 cm³/mol. The second kappa shape index (κ2) is 5.54. The number of nitro groups is 1. The lowest BCUT2D eigenvalue weighted by atomic mass is 10.1. The van der Waals surface area contributed by atoms with Crippen molar-refractivity contribution in [3.8, 4) is 0 Å². The first-order chi connectivity index (χ1) is 10.1. The average molecular weight is 296 g/mol. The molecule has 1 heterocycles. The average Bonchev–Trinajstić information content (AvgIpc) is 2.48. The van der Waals surface area contributed by atoms with E-state index in [0.29, 0.717) is 0 Å². The molecule has 0 spiro atoms. The van der Waals surface area contributed by atoms with E-state index in [4.69, 9.17) is 0 Å². The lowest BCUT2D eigenvalue weighted by Crippen LogP contribution is -1.91. The second-order valence-electron chi connectivity index (χ2n) is 4.65. The normalized spacial score (nSPS) is 10.7. The molecule has 0 bridgehead atoms. The maximum absolute atomic E-state index is 10.8. The molecule has 0 aliphatic rings. The van der Waals surface area contributed by atoms with E-state index >= 15 is 0 Å². The maximum atomic E-state index is 10.8. The number of nitrogens with zero attached hydrogens (tertiary/aromatic N) is 2. The molecule has 2 aromatic carbocycles. The summed E-state index contributed by atoms with van der Waals surface area (Å²) in [4.78, 5) is 16.2. The topological polar surface area (TPSA) is 56.0 Å². The van der Waals surface area contributed by atoms with Gasteiger partial charge >= 0.3 is 0 Å². The third-order valence-corrected chi connectivity index (χ3v) is 4.08. The van der Waals surface area contributed by atoms with E-state index in [2.05, 4.69) is 4.98 Å². The van der Waals surface area contributed by atoms with E-state index in [0.717, 1.165) is 26.4 Å². The maximum Gasteiger partial charge on any atom is 0.270 e. The molecule has 1 aromatic heterocycles. The minimum Gasteiger partial charge on any atom is -0.258 e. The molecule has 5 heteroatoms. The van der Waals surface area contributed by atoms with Gasteiger partial charge in [-0.25, -0.2) is 4.98 Å². The highest BCUT2D eigenvalue weighted by Crippen LogP contribution is 2.30. The molecule has 0 saturated heterocycles. The molecule has 4 nitrogen and oxygen atoms in total. The van der Waals surface area contributed by atoms with Gasteiger partial charge in [-0.05, 0) is 36.8 Å². The summed E-state index contributed by atoms with van der Waals surface area (Å²) in [6.07, 6.45) is 0. The van der Waals surface area contributed by atoms with Crippen LogP contribution in [0.4, 0.5) is 5.69 Å². The fourth-order valence-corrected chi connectivity index (χ4v) is 3.04. The molecule has 0 aliphatic carbocycles. The van der Waals surface area contributed by atoms with Crippen LogP contribution in [0.15, 0.2) is 64.5 Å². The lowest BCUT2D eigenvalue weighted by molar-refractivity contribution is -0.384. The summed E-state index contributed by atoms with van der Waals surface area (Å²) < 4.78 is 0. The Bertz CT molecular complexity index is 819. The second-order valence-corrected chi connectivity index (χ2v) is 5.74. The van der Waals surface area contributed by atoms with Crippen LogP contribution in [0, 0.1) is 17.0 Å². The van der Waals surface area contributed by atoms with Crippen LogP contribution in [-0.4, -0.2) is 9.91 Å². The zero-order chi connectivity index (χ0) is 14.8. The number of aromatic nitrogens is 1. The molecule has 0 saturated carbocycles. The van der Waals surface area contributed by atoms with E-state index in [1.54, 1.807) is 23.9 Å². The first-order valence-electron chi connectivity index (χ1n) is 6.42. The zero-order valence-electron chi connectivity index (χ0n) is 11.3. The van der Waals surface area contributed by atoms with E-state index in [1.165, 1.54) is 6.07 Å². The molecule has 0 fully saturated rings. The Morgan fingerprint density at radius 2 is 1.86 bits per heavy atom. The van der Waals surface area contributed by atoms with Crippen LogP contribution in [-0.2, 0) is 0 Å². The summed E-state index contributed by atoms with van der Waals surface area (Å²) in [7, 11) is 0. The van der Waals surface area contributed by atoms with Crippen LogP contribution >= 0.6 is 11.8 Å². The largest absolute Gasteiger partial charge is 0.270 e. The SMILES string of the molecule is Cc1cc(Sc2ccccc2)nc2ccc([N+](=O)[O-])cc12. The summed E-state index contributed by atoms with van der Waals surface area (Å²) in [5, 5.41) is 12.6. The van der Waals surface area contributed by atoms with Gasteiger partial charge in [0.05, 0.1) is 10.4 Å². The van der Waals surface area contributed by atoms with Crippen molar-refractivity contribution < 1.29 is 4.92 Å². The van der Waals surface area contributed by atoms with Gasteiger partial charge in [-0.1, -0.05) is 30.0 Å². The molecule has 0 N–H and O–H groups in total. The number of benzene rings is 2. The first kappa shape index (κ1) is 13.6. The summed E-state index contributed by atoms with van der Waals surface area (Å²) >= 11 is 1.58. The van der Waals surface area contributed by atoms with Gasteiger partial charge in [0.2, 0.25) is 0 Å². The molecule has 104 valence electrons. The highest BCUT2D eigenvalue weighted by Gasteiger charge is 2.10. The molecule has 0 unspecified atom stereocenters. The van der Waals surface area contributed by atoms with Crippen molar-refractivity contribution in [2.45, 2.75) is 16.8 Å². The van der Waals surface area contributed by atoms with Crippen molar-refractivity contribution in [1.82, 2.24) is 4.98 Å². The van der Waals surface area contributed by atoms with Gasteiger partial charge in [0.15, 0.2) is 0 Å². The highest BCUT2D eigenvalue weighted by molar-refractivity contribution is 7.99. The number of rotatable bonds is 3. The van der Waals surface area contributed by atoms with Crippen LogP contribution in [0.25, 0.3) is 10.9 Å². The van der Waals surface area contributed by atoms with E-state index < -0.39 is 0 Å². The quantitative estimate of drug-likeness (QED) is 0.523. The Morgan fingerprint density at radius 1 is 1.10 bits per heavy atom. The first-order valence-corrected chi connectivity index (χ1v) is 7.24. The number of non-ortho nitro benzene ring substituents is 1. The Kier molecular flexibility index (Phi) is 3.58. The highest BCUT2D eigenvalue weighted by atomic mass is 32.2. The van der Waals surface area contributed by atoms with Crippen LogP contribution in [0.3, 0.4) is 0 Å². The summed E-state index contributed by atoms with van der Waals surface area (Å²) in [6.45, 7) is 1.95. The zero-order valence-corrected chi connectivity index (χ0v) is 12.1.